The van der Waals surface area contributed by atoms with Crippen LogP contribution in [-0.2, 0) is 11.2 Å². The third-order valence-corrected chi connectivity index (χ3v) is 6.79. The molecule has 2 heterocycles. The van der Waals surface area contributed by atoms with Crippen LogP contribution in [-0.4, -0.2) is 28.4 Å². The number of fused-ring (bicyclic) bond motifs is 2. The highest BCUT2D eigenvalue weighted by Crippen LogP contribution is 2.48. The third-order valence-electron chi connectivity index (χ3n) is 5.93. The van der Waals surface area contributed by atoms with Crippen LogP contribution in [0.25, 0.3) is 10.9 Å². The molecule has 5 rings (SSSR count). The van der Waals surface area contributed by atoms with Crippen LogP contribution in [0.5, 0.6) is 17.2 Å². The van der Waals surface area contributed by atoms with Crippen molar-refractivity contribution in [2.45, 2.75) is 18.8 Å². The summed E-state index contributed by atoms with van der Waals surface area (Å²) in [7, 11) is 0. The van der Waals surface area contributed by atoms with Crippen LogP contribution >= 0.6 is 34.8 Å². The highest BCUT2D eigenvalue weighted by atomic mass is 35.5. The number of aromatic nitrogens is 1. The van der Waals surface area contributed by atoms with Gasteiger partial charge in [0.15, 0.2) is 11.5 Å². The Balaban J connectivity index is 1.33. The number of pyridine rings is 1. The Labute approximate surface area is 221 Å². The molecule has 1 unspecified atom stereocenters. The average Bonchev–Trinajstić information content (AvgIpc) is 2.86. The van der Waals surface area contributed by atoms with E-state index >= 15 is 0 Å². The number of ether oxygens (including phenoxy) is 2. The Kier molecular flexibility index (Phi) is 6.75. The first kappa shape index (κ1) is 24.4. The van der Waals surface area contributed by atoms with Gasteiger partial charge in [-0.15, -0.1) is 0 Å². The number of hydrogen-bond acceptors (Lipinski definition) is 5. The SMILES string of the molecule is O=C(Cc1ccc2cc(Cl)ccc2n1)c1ccc(Oc2c(Cl)cc3c(c2Cl)OCCC3C(=O)O)cc1. The molecule has 3 aromatic carbocycles. The minimum Gasteiger partial charge on any atom is -0.492 e. The van der Waals surface area contributed by atoms with Crippen molar-refractivity contribution in [3.05, 3.63) is 92.6 Å². The summed E-state index contributed by atoms with van der Waals surface area (Å²) < 4.78 is 11.5. The molecule has 0 fully saturated rings. The number of carbonyl (C=O) groups is 2. The molecule has 0 saturated carbocycles. The van der Waals surface area contributed by atoms with Crippen molar-refractivity contribution in [3.8, 4) is 17.2 Å². The molecule has 0 bridgehead atoms. The molecule has 1 atom stereocenters. The van der Waals surface area contributed by atoms with Gasteiger partial charge in [-0.05, 0) is 61.0 Å². The summed E-state index contributed by atoms with van der Waals surface area (Å²) in [5, 5.41) is 11.3. The van der Waals surface area contributed by atoms with Gasteiger partial charge < -0.3 is 14.6 Å². The van der Waals surface area contributed by atoms with Gasteiger partial charge in [-0.25, -0.2) is 0 Å². The maximum atomic E-state index is 12.8. The minimum absolute atomic E-state index is 0.0969. The molecule has 0 amide bonds. The molecule has 182 valence electrons. The van der Waals surface area contributed by atoms with Crippen LogP contribution in [0.15, 0.2) is 60.7 Å². The Hall–Kier alpha value is -3.32. The van der Waals surface area contributed by atoms with Crippen LogP contribution in [0.1, 0.15) is 34.0 Å². The molecule has 1 aliphatic heterocycles. The van der Waals surface area contributed by atoms with E-state index in [1.807, 2.05) is 24.3 Å². The maximum Gasteiger partial charge on any atom is 0.311 e. The van der Waals surface area contributed by atoms with E-state index in [1.165, 1.54) is 6.07 Å². The van der Waals surface area contributed by atoms with Gasteiger partial charge in [0, 0.05) is 27.2 Å². The smallest absolute Gasteiger partial charge is 0.311 e. The van der Waals surface area contributed by atoms with E-state index in [0.29, 0.717) is 34.0 Å². The van der Waals surface area contributed by atoms with Crippen LogP contribution in [0.4, 0.5) is 0 Å². The topological polar surface area (TPSA) is 85.7 Å². The molecule has 1 aromatic heterocycles. The summed E-state index contributed by atoms with van der Waals surface area (Å²) in [5.74, 6) is -1.00. The van der Waals surface area contributed by atoms with Crippen LogP contribution < -0.4 is 9.47 Å². The Morgan fingerprint density at radius 3 is 2.56 bits per heavy atom. The summed E-state index contributed by atoms with van der Waals surface area (Å²) in [5.41, 5.74) is 2.34. The largest absolute Gasteiger partial charge is 0.492 e. The number of Topliss-reactive ketones (excluding diaryl/α,β-unsaturated/α-hetero) is 1. The monoisotopic (exact) mass is 541 g/mol. The number of hydrogen-bond donors (Lipinski definition) is 1. The number of halogens is 3. The molecule has 9 heteroatoms. The second-order valence-electron chi connectivity index (χ2n) is 8.31. The lowest BCUT2D eigenvalue weighted by molar-refractivity contribution is -0.139. The average molecular weight is 543 g/mol. The van der Waals surface area contributed by atoms with Crippen molar-refractivity contribution >= 4 is 57.5 Å². The van der Waals surface area contributed by atoms with E-state index < -0.39 is 11.9 Å². The van der Waals surface area contributed by atoms with Gasteiger partial charge in [0.05, 0.1) is 29.5 Å². The quantitative estimate of drug-likeness (QED) is 0.256. The molecule has 0 aliphatic carbocycles. The molecular formula is C27H18Cl3NO5. The van der Waals surface area contributed by atoms with E-state index in [-0.39, 0.29) is 40.4 Å². The lowest BCUT2D eigenvalue weighted by Gasteiger charge is -2.25. The van der Waals surface area contributed by atoms with Gasteiger partial charge in [0.1, 0.15) is 16.5 Å². The molecular weight excluding hydrogens is 525 g/mol. The number of carbonyl (C=O) groups excluding carboxylic acids is 1. The predicted octanol–water partition coefficient (Wildman–Crippen LogP) is 7.36. The van der Waals surface area contributed by atoms with Crippen LogP contribution in [0.2, 0.25) is 15.1 Å². The molecule has 4 aromatic rings. The van der Waals surface area contributed by atoms with E-state index in [0.717, 1.165) is 10.9 Å². The van der Waals surface area contributed by atoms with Crippen molar-refractivity contribution in [2.24, 2.45) is 0 Å². The number of nitrogens with zero attached hydrogens (tertiary/aromatic N) is 1. The second-order valence-corrected chi connectivity index (χ2v) is 9.54. The fraction of sp³-hybridized carbons (Fsp3) is 0.148. The van der Waals surface area contributed by atoms with Crippen LogP contribution in [0, 0.1) is 0 Å². The fourth-order valence-corrected chi connectivity index (χ4v) is 4.91. The molecule has 1 N–H and O–H groups in total. The van der Waals surface area contributed by atoms with E-state index in [1.54, 1.807) is 30.3 Å². The predicted molar refractivity (Wildman–Crippen MR) is 138 cm³/mol. The zero-order valence-corrected chi connectivity index (χ0v) is 20.9. The first-order chi connectivity index (χ1) is 17.3. The minimum atomic E-state index is -0.969. The molecule has 36 heavy (non-hydrogen) atoms. The highest BCUT2D eigenvalue weighted by Gasteiger charge is 2.32. The van der Waals surface area contributed by atoms with E-state index in [4.69, 9.17) is 44.3 Å². The van der Waals surface area contributed by atoms with Gasteiger partial charge in [0.25, 0.3) is 0 Å². The van der Waals surface area contributed by atoms with Gasteiger partial charge in [0.2, 0.25) is 0 Å². The number of aliphatic carboxylic acids is 1. The van der Waals surface area contributed by atoms with Gasteiger partial charge >= 0.3 is 5.97 Å². The van der Waals surface area contributed by atoms with Crippen molar-refractivity contribution in [1.29, 1.82) is 0 Å². The lowest BCUT2D eigenvalue weighted by atomic mass is 9.93. The van der Waals surface area contributed by atoms with Gasteiger partial charge in [-0.3, -0.25) is 14.6 Å². The third kappa shape index (κ3) is 4.85. The van der Waals surface area contributed by atoms with Crippen molar-refractivity contribution in [1.82, 2.24) is 4.98 Å². The fourth-order valence-electron chi connectivity index (χ4n) is 4.12. The molecule has 1 aliphatic rings. The van der Waals surface area contributed by atoms with Gasteiger partial charge in [-0.2, -0.15) is 0 Å². The Morgan fingerprint density at radius 1 is 1.03 bits per heavy atom. The molecule has 0 saturated heterocycles. The number of carboxylic acids is 1. The number of rotatable bonds is 6. The zero-order valence-electron chi connectivity index (χ0n) is 18.6. The number of carboxylic acid groups (broad SMARTS) is 1. The Bertz CT molecular complexity index is 1500. The zero-order chi connectivity index (χ0) is 25.4. The highest BCUT2D eigenvalue weighted by molar-refractivity contribution is 6.38. The molecule has 6 nitrogen and oxygen atoms in total. The van der Waals surface area contributed by atoms with E-state index in [9.17, 15) is 14.7 Å². The summed E-state index contributed by atoms with van der Waals surface area (Å²) >= 11 is 18.9. The second kappa shape index (κ2) is 9.97. The van der Waals surface area contributed by atoms with Crippen LogP contribution in [0.3, 0.4) is 0 Å². The summed E-state index contributed by atoms with van der Waals surface area (Å²) in [4.78, 5) is 28.9. The number of benzene rings is 3. The van der Waals surface area contributed by atoms with Crippen molar-refractivity contribution < 1.29 is 24.2 Å². The number of ketones is 1. The lowest BCUT2D eigenvalue weighted by Crippen LogP contribution is -2.21. The van der Waals surface area contributed by atoms with E-state index in [2.05, 4.69) is 4.98 Å². The first-order valence-corrected chi connectivity index (χ1v) is 12.2. The molecule has 0 spiro atoms. The normalized spacial score (nSPS) is 14.7. The van der Waals surface area contributed by atoms with Crippen molar-refractivity contribution in [3.63, 3.8) is 0 Å². The Morgan fingerprint density at radius 2 is 1.81 bits per heavy atom. The standard InChI is InChI=1S/C27H18Cl3NO5/c28-16-4-8-22-15(11-16)1-5-17(31-22)12-23(32)14-2-6-18(7-3-14)36-26-21(29)13-20-19(27(33)34)9-10-35-25(20)24(26)30/h1-8,11,13,19H,9-10,12H2,(H,33,34). The van der Waals surface area contributed by atoms with Gasteiger partial charge in [-0.1, -0.05) is 40.9 Å². The molecule has 0 radical (unpaired) electrons. The summed E-state index contributed by atoms with van der Waals surface area (Å²) in [6, 6.07) is 17.2. The maximum absolute atomic E-state index is 12.8. The van der Waals surface area contributed by atoms with Crippen molar-refractivity contribution in [2.75, 3.05) is 6.61 Å². The summed E-state index contributed by atoms with van der Waals surface area (Å²) in [6.45, 7) is 0.224. The summed E-state index contributed by atoms with van der Waals surface area (Å²) in [6.07, 6.45) is 0.469. The first-order valence-electron chi connectivity index (χ1n) is 11.0.